The first-order valence-electron chi connectivity index (χ1n) is 29.0. The Morgan fingerprint density at radius 1 is 0.602 bits per heavy atom. The van der Waals surface area contributed by atoms with Crippen molar-refractivity contribution in [2.75, 3.05) is 32.0 Å². The van der Waals surface area contributed by atoms with Crippen LogP contribution in [0.1, 0.15) is 85.4 Å². The molecule has 0 aliphatic carbocycles. The van der Waals surface area contributed by atoms with Crippen LogP contribution in [0.15, 0.2) is 170 Å². The van der Waals surface area contributed by atoms with Crippen LogP contribution in [-0.2, 0) is 35.8 Å². The molecule has 13 heteroatoms. The molecule has 8 aromatic carbocycles. The number of rotatable bonds is 24. The van der Waals surface area contributed by atoms with Crippen LogP contribution in [0, 0.1) is 6.92 Å². The second kappa shape index (κ2) is 26.6. The summed E-state index contributed by atoms with van der Waals surface area (Å²) in [4.78, 5) is 30.2. The summed E-state index contributed by atoms with van der Waals surface area (Å²) in [7, 11) is -1.31. The Morgan fingerprint density at radius 3 is 1.78 bits per heavy atom. The molecule has 424 valence electrons. The number of hydrogen-bond donors (Lipinski definition) is 6. The average Bonchev–Trinajstić information content (AvgIpc) is 1.97. The van der Waals surface area contributed by atoms with E-state index in [1.54, 1.807) is 26.0 Å². The van der Waals surface area contributed by atoms with Gasteiger partial charge in [-0.2, -0.15) is 0 Å². The topological polar surface area (TPSA) is 146 Å². The number of hydrogen-bond acceptors (Lipinski definition) is 9. The number of anilines is 1. The zero-order chi connectivity index (χ0) is 59.1. The molecule has 0 saturated heterocycles. The van der Waals surface area contributed by atoms with E-state index in [1.807, 2.05) is 43.4 Å². The molecule has 0 saturated carbocycles. The Morgan fingerprint density at radius 2 is 1.18 bits per heavy atom. The fourth-order valence-corrected chi connectivity index (χ4v) is 18.6. The van der Waals surface area contributed by atoms with Crippen molar-refractivity contribution >= 4 is 97.8 Å². The second-order valence-corrected chi connectivity index (χ2v) is 32.1. The van der Waals surface area contributed by atoms with Gasteiger partial charge in [0, 0.05) is 38.2 Å². The summed E-state index contributed by atoms with van der Waals surface area (Å²) in [5.74, 6) is 4.90. The number of carbonyl (C=O) groups excluding carboxylic acids is 2. The van der Waals surface area contributed by atoms with Gasteiger partial charge in [0.25, 0.3) is 0 Å². The molecule has 83 heavy (non-hydrogen) atoms. The molecule has 0 spiro atoms. The summed E-state index contributed by atoms with van der Waals surface area (Å²) in [5, 5.41) is 55.7. The SMILES string of the molecule is C=C(C)C(=O)CCCCN(Cc1ccccc1B(O)O)Cc1c2ccccc2c(CN(CCCNC(=O)C(=C)C)Cc2ccccc2B(O)O)c2ccc(-c3ccc(C)c(C4=c5cc/c(=C\C)c[c]5[Ge]([CH3])([CH3])[c]5cc(NC)ccc54)c3)cc12. The van der Waals surface area contributed by atoms with Crippen molar-refractivity contribution in [1.29, 1.82) is 0 Å². The minimum absolute atomic E-state index is 0.0557. The van der Waals surface area contributed by atoms with Gasteiger partial charge < -0.3 is 25.4 Å². The Bertz CT molecular complexity index is 3910. The van der Waals surface area contributed by atoms with Crippen LogP contribution in [0.2, 0.25) is 11.5 Å². The van der Waals surface area contributed by atoms with E-state index in [0.29, 0.717) is 87.1 Å². The molecule has 0 atom stereocenters. The van der Waals surface area contributed by atoms with Gasteiger partial charge in [0.05, 0.1) is 0 Å². The molecule has 9 rings (SSSR count). The summed E-state index contributed by atoms with van der Waals surface area (Å²) in [6.07, 6.45) is 4.65. The van der Waals surface area contributed by atoms with Gasteiger partial charge >= 0.3 is 259 Å². The fourth-order valence-electron chi connectivity index (χ4n) is 12.1. The van der Waals surface area contributed by atoms with Gasteiger partial charge in [-0.05, 0) is 67.3 Å². The van der Waals surface area contributed by atoms with Gasteiger partial charge in [0.2, 0.25) is 5.91 Å². The number of aryl methyl sites for hydroxylation is 1. The van der Waals surface area contributed by atoms with Crippen molar-refractivity contribution < 1.29 is 29.7 Å². The zero-order valence-electron chi connectivity index (χ0n) is 49.3. The van der Waals surface area contributed by atoms with E-state index in [9.17, 15) is 29.7 Å². The Labute approximate surface area is 493 Å². The molecular formula is C70H78B2GeN4O6. The summed E-state index contributed by atoms with van der Waals surface area (Å²) in [6.45, 7) is 19.0. The number of nitrogens with zero attached hydrogens (tertiary/aromatic N) is 2. The van der Waals surface area contributed by atoms with Crippen molar-refractivity contribution in [2.24, 2.45) is 0 Å². The van der Waals surface area contributed by atoms with Crippen molar-refractivity contribution in [2.45, 2.75) is 91.1 Å². The second-order valence-electron chi connectivity index (χ2n) is 23.0. The van der Waals surface area contributed by atoms with Gasteiger partial charge in [0.1, 0.15) is 0 Å². The van der Waals surface area contributed by atoms with Crippen molar-refractivity contribution in [3.63, 3.8) is 0 Å². The number of carbonyl (C=O) groups is 2. The van der Waals surface area contributed by atoms with Crippen LogP contribution in [-0.4, -0.2) is 95.8 Å². The summed E-state index contributed by atoms with van der Waals surface area (Å²) >= 11 is -2.83. The van der Waals surface area contributed by atoms with Crippen LogP contribution in [0.3, 0.4) is 0 Å². The molecule has 8 aromatic rings. The third-order valence-electron chi connectivity index (χ3n) is 16.8. The normalized spacial score (nSPS) is 12.9. The van der Waals surface area contributed by atoms with Gasteiger partial charge in [-0.1, -0.05) is 79.9 Å². The van der Waals surface area contributed by atoms with Crippen LogP contribution in [0.5, 0.6) is 0 Å². The number of amides is 1. The molecule has 6 N–H and O–H groups in total. The van der Waals surface area contributed by atoms with E-state index in [0.717, 1.165) is 67.0 Å². The Hall–Kier alpha value is -7.13. The number of benzene rings is 8. The molecular weight excluding hydrogens is 1090 g/mol. The zero-order valence-corrected chi connectivity index (χ0v) is 51.4. The Kier molecular flexibility index (Phi) is 19.4. The minimum atomic E-state index is -2.83. The van der Waals surface area contributed by atoms with E-state index in [2.05, 4.69) is 162 Å². The molecule has 0 unspecified atom stereocenters. The molecule has 0 bridgehead atoms. The number of unbranched alkanes of at least 4 members (excludes halogenated alkanes) is 1. The van der Waals surface area contributed by atoms with E-state index >= 15 is 0 Å². The number of Topliss-reactive ketones (excluding diaryl/α,β-unsaturated/α-hetero) is 1. The third kappa shape index (κ3) is 13.5. The summed E-state index contributed by atoms with van der Waals surface area (Å²) < 4.78 is 2.93. The first kappa shape index (κ1) is 60.5. The van der Waals surface area contributed by atoms with Crippen LogP contribution >= 0.6 is 0 Å². The maximum atomic E-state index is 12.8. The predicted molar refractivity (Wildman–Crippen MR) is 349 cm³/mol. The fraction of sp³-hybridized carbons (Fsp3) is 0.257. The molecule has 0 aromatic heterocycles. The number of nitrogens with one attached hydrogen (secondary N) is 2. The predicted octanol–water partition coefficient (Wildman–Crippen LogP) is 7.96. The van der Waals surface area contributed by atoms with E-state index in [1.165, 1.54) is 41.5 Å². The first-order chi connectivity index (χ1) is 39.9. The molecule has 0 fully saturated rings. The Balaban J connectivity index is 1.25. The van der Waals surface area contributed by atoms with E-state index in [-0.39, 0.29) is 11.7 Å². The van der Waals surface area contributed by atoms with Crippen LogP contribution in [0.25, 0.3) is 44.3 Å². The maximum absolute atomic E-state index is 12.8. The molecule has 1 heterocycles. The van der Waals surface area contributed by atoms with Crippen molar-refractivity contribution in [3.8, 4) is 11.1 Å². The van der Waals surface area contributed by atoms with Gasteiger partial charge in [0.15, 0.2) is 5.78 Å². The van der Waals surface area contributed by atoms with Gasteiger partial charge in [-0.25, -0.2) is 0 Å². The third-order valence-corrected chi connectivity index (χ3v) is 24.2. The summed E-state index contributed by atoms with van der Waals surface area (Å²) in [6, 6.07) is 51.2. The number of allylic oxidation sites excluding steroid dienone is 1. The number of ketones is 1. The quantitative estimate of drug-likeness (QED) is 0.0154. The van der Waals surface area contributed by atoms with E-state index in [4.69, 9.17) is 0 Å². The first-order valence-corrected chi connectivity index (χ1v) is 35.3. The van der Waals surface area contributed by atoms with E-state index < -0.39 is 27.5 Å². The van der Waals surface area contributed by atoms with Crippen LogP contribution < -0.4 is 40.8 Å². The summed E-state index contributed by atoms with van der Waals surface area (Å²) in [5.41, 5.74) is 13.9. The number of fused-ring (bicyclic) bond motifs is 4. The van der Waals surface area contributed by atoms with Gasteiger partial charge in [-0.3, -0.25) is 14.5 Å². The molecule has 1 aliphatic heterocycles. The molecule has 10 nitrogen and oxygen atoms in total. The monoisotopic (exact) mass is 1170 g/mol. The van der Waals surface area contributed by atoms with Crippen LogP contribution in [0.4, 0.5) is 5.69 Å². The average molecular weight is 1170 g/mol. The standard InChI is InChI=1S/C70H78B2GeN4O6/c1-10-49-28-32-58-66(38-49)73(7,8)67-41-54(74-9)31-34-59(67)69(58)60-39-50(29-27-48(60)6)51-30-33-57-61(40-51)63(45-76(36-18-17-26-68(78)46(2)3)42-52-20-11-15-24-64(52)71(80)81)56-23-14-13-22-55(56)62(57)44-77(37-19-35-75-70(79)47(4)5)43-53-21-12-16-25-65(53)72(82)83/h10-16,20-25,27-34,38-41,74,80-83H,2,4,17-19,26,35-37,42-45H2,1,3,5-9H3,(H,75,79)/b49-10+. The molecule has 1 amide bonds. The van der Waals surface area contributed by atoms with Gasteiger partial charge in [-0.15, -0.1) is 0 Å². The van der Waals surface area contributed by atoms with Crippen molar-refractivity contribution in [3.05, 3.63) is 219 Å². The van der Waals surface area contributed by atoms with Crippen molar-refractivity contribution in [1.82, 2.24) is 15.1 Å². The molecule has 1 aliphatic rings. The molecule has 0 radical (unpaired) electrons.